The van der Waals surface area contributed by atoms with Gasteiger partial charge in [-0.1, -0.05) is 6.07 Å². The molecule has 2 saturated heterocycles. The molecule has 3 aliphatic rings. The normalized spacial score (nSPS) is 24.7. The van der Waals surface area contributed by atoms with Crippen LogP contribution in [0.2, 0.25) is 0 Å². The van der Waals surface area contributed by atoms with Gasteiger partial charge in [-0.15, -0.1) is 0 Å². The van der Waals surface area contributed by atoms with Crippen LogP contribution in [0.25, 0.3) is 0 Å². The second kappa shape index (κ2) is 5.30. The Hall–Kier alpha value is -0.950. The summed E-state index contributed by atoms with van der Waals surface area (Å²) in [5.74, 6) is -0.538. The molecular formula is C16H21NO4S. The third kappa shape index (κ3) is 2.38. The lowest BCUT2D eigenvalue weighted by Crippen LogP contribution is -2.47. The van der Waals surface area contributed by atoms with E-state index in [1.807, 2.05) is 12.1 Å². The van der Waals surface area contributed by atoms with Crippen molar-refractivity contribution in [2.75, 3.05) is 26.3 Å². The standard InChI is InChI=1S/C16H21NO4S/c18-22(19,15-5-4-13-2-1-3-14(13)12-15)17-8-6-16(7-9-17)20-10-11-21-16/h4-5,12H,1-3,6-11H2. The first kappa shape index (κ1) is 14.6. The van der Waals surface area contributed by atoms with E-state index in [1.54, 1.807) is 10.4 Å². The zero-order chi connectivity index (χ0) is 15.2. The summed E-state index contributed by atoms with van der Waals surface area (Å²) in [7, 11) is -3.41. The quantitative estimate of drug-likeness (QED) is 0.831. The van der Waals surface area contributed by atoms with Crippen molar-refractivity contribution in [3.05, 3.63) is 29.3 Å². The van der Waals surface area contributed by atoms with E-state index >= 15 is 0 Å². The van der Waals surface area contributed by atoms with Gasteiger partial charge in [-0.25, -0.2) is 8.42 Å². The Labute approximate surface area is 131 Å². The summed E-state index contributed by atoms with van der Waals surface area (Å²) in [6, 6.07) is 5.60. The molecule has 0 bridgehead atoms. The number of hydrogen-bond acceptors (Lipinski definition) is 4. The van der Waals surface area contributed by atoms with Gasteiger partial charge in [0.15, 0.2) is 5.79 Å². The summed E-state index contributed by atoms with van der Waals surface area (Å²) in [4.78, 5) is 0.428. The Balaban J connectivity index is 1.54. The number of benzene rings is 1. The van der Waals surface area contributed by atoms with Gasteiger partial charge in [-0.05, 0) is 42.5 Å². The molecule has 0 saturated carbocycles. The van der Waals surface area contributed by atoms with Gasteiger partial charge in [0.1, 0.15) is 0 Å². The van der Waals surface area contributed by atoms with Crippen LogP contribution in [0.15, 0.2) is 23.1 Å². The molecule has 4 rings (SSSR count). The van der Waals surface area contributed by atoms with Crippen LogP contribution in [0.5, 0.6) is 0 Å². The van der Waals surface area contributed by atoms with Crippen LogP contribution in [0.4, 0.5) is 0 Å². The van der Waals surface area contributed by atoms with E-state index in [4.69, 9.17) is 9.47 Å². The van der Waals surface area contributed by atoms with Crippen LogP contribution < -0.4 is 0 Å². The van der Waals surface area contributed by atoms with E-state index in [0.29, 0.717) is 44.0 Å². The molecule has 0 atom stereocenters. The molecule has 1 aromatic carbocycles. The molecule has 0 unspecified atom stereocenters. The van der Waals surface area contributed by atoms with Gasteiger partial charge in [-0.3, -0.25) is 0 Å². The highest BCUT2D eigenvalue weighted by Crippen LogP contribution is 2.34. The van der Waals surface area contributed by atoms with Crippen molar-refractivity contribution in [1.82, 2.24) is 4.31 Å². The molecule has 1 aliphatic carbocycles. The van der Waals surface area contributed by atoms with Crippen LogP contribution in [-0.4, -0.2) is 44.8 Å². The van der Waals surface area contributed by atoms with Gasteiger partial charge >= 0.3 is 0 Å². The fraction of sp³-hybridized carbons (Fsp3) is 0.625. The first-order chi connectivity index (χ1) is 10.6. The van der Waals surface area contributed by atoms with E-state index in [-0.39, 0.29) is 0 Å². The Morgan fingerprint density at radius 1 is 1.00 bits per heavy atom. The maximum atomic E-state index is 12.8. The van der Waals surface area contributed by atoms with Gasteiger partial charge in [0, 0.05) is 25.9 Å². The average Bonchev–Trinajstić information content (AvgIpc) is 3.16. The molecule has 2 fully saturated rings. The summed E-state index contributed by atoms with van der Waals surface area (Å²) in [6.45, 7) is 2.13. The van der Waals surface area contributed by atoms with Gasteiger partial charge in [-0.2, -0.15) is 4.31 Å². The Bertz CT molecular complexity index is 669. The maximum absolute atomic E-state index is 12.8. The smallest absolute Gasteiger partial charge is 0.243 e. The van der Waals surface area contributed by atoms with Gasteiger partial charge in [0.25, 0.3) is 0 Å². The van der Waals surface area contributed by atoms with Crippen molar-refractivity contribution < 1.29 is 17.9 Å². The lowest BCUT2D eigenvalue weighted by molar-refractivity contribution is -0.179. The van der Waals surface area contributed by atoms with E-state index in [9.17, 15) is 8.42 Å². The SMILES string of the molecule is O=S(=O)(c1ccc2c(c1)CCC2)N1CCC2(CC1)OCCO2. The van der Waals surface area contributed by atoms with Crippen LogP contribution in [-0.2, 0) is 32.3 Å². The molecule has 120 valence electrons. The molecule has 2 aliphatic heterocycles. The number of fused-ring (bicyclic) bond motifs is 1. The third-order valence-corrected chi connectivity index (χ3v) is 6.90. The highest BCUT2D eigenvalue weighted by atomic mass is 32.2. The monoisotopic (exact) mass is 323 g/mol. The van der Waals surface area contributed by atoms with Crippen LogP contribution in [0.1, 0.15) is 30.4 Å². The molecule has 6 heteroatoms. The van der Waals surface area contributed by atoms with Crippen molar-refractivity contribution in [2.45, 2.75) is 42.8 Å². The lowest BCUT2D eigenvalue weighted by atomic mass is 10.1. The number of rotatable bonds is 2. The molecular weight excluding hydrogens is 302 g/mol. The second-order valence-electron chi connectivity index (χ2n) is 6.30. The number of aryl methyl sites for hydroxylation is 2. The van der Waals surface area contributed by atoms with Crippen LogP contribution in [0, 0.1) is 0 Å². The Morgan fingerprint density at radius 3 is 2.41 bits per heavy atom. The molecule has 1 aromatic rings. The molecule has 0 amide bonds. The molecule has 0 N–H and O–H groups in total. The van der Waals surface area contributed by atoms with Crippen molar-refractivity contribution in [3.8, 4) is 0 Å². The van der Waals surface area contributed by atoms with Crippen molar-refractivity contribution in [2.24, 2.45) is 0 Å². The predicted octanol–water partition coefficient (Wildman–Crippen LogP) is 1.70. The largest absolute Gasteiger partial charge is 0.347 e. The lowest BCUT2D eigenvalue weighted by Gasteiger charge is -2.36. The number of piperidine rings is 1. The molecule has 1 spiro atoms. The summed E-state index contributed by atoms with van der Waals surface area (Å²) >= 11 is 0. The van der Waals surface area contributed by atoms with Gasteiger partial charge in [0.2, 0.25) is 10.0 Å². The Kier molecular flexibility index (Phi) is 3.52. The third-order valence-electron chi connectivity index (χ3n) is 5.01. The van der Waals surface area contributed by atoms with Crippen molar-refractivity contribution in [1.29, 1.82) is 0 Å². The van der Waals surface area contributed by atoms with Crippen LogP contribution in [0.3, 0.4) is 0 Å². The van der Waals surface area contributed by atoms with E-state index < -0.39 is 15.8 Å². The van der Waals surface area contributed by atoms with E-state index in [0.717, 1.165) is 19.3 Å². The first-order valence-electron chi connectivity index (χ1n) is 7.99. The minimum atomic E-state index is -3.41. The molecule has 22 heavy (non-hydrogen) atoms. The fourth-order valence-corrected chi connectivity index (χ4v) is 5.20. The second-order valence-corrected chi connectivity index (χ2v) is 8.23. The van der Waals surface area contributed by atoms with Gasteiger partial charge < -0.3 is 9.47 Å². The molecule has 0 aromatic heterocycles. The highest BCUT2D eigenvalue weighted by Gasteiger charge is 2.42. The summed E-state index contributed by atoms with van der Waals surface area (Å²) in [6.07, 6.45) is 4.40. The number of nitrogens with zero attached hydrogens (tertiary/aromatic N) is 1. The molecule has 5 nitrogen and oxygen atoms in total. The maximum Gasteiger partial charge on any atom is 0.243 e. The van der Waals surface area contributed by atoms with E-state index in [2.05, 4.69) is 0 Å². The minimum absolute atomic E-state index is 0.428. The van der Waals surface area contributed by atoms with Crippen LogP contribution >= 0.6 is 0 Å². The number of hydrogen-bond donors (Lipinski definition) is 0. The predicted molar refractivity (Wildman–Crippen MR) is 81.1 cm³/mol. The first-order valence-corrected chi connectivity index (χ1v) is 9.43. The molecule has 2 heterocycles. The van der Waals surface area contributed by atoms with Crippen molar-refractivity contribution >= 4 is 10.0 Å². The number of ether oxygens (including phenoxy) is 2. The zero-order valence-corrected chi connectivity index (χ0v) is 13.4. The topological polar surface area (TPSA) is 55.8 Å². The minimum Gasteiger partial charge on any atom is -0.347 e. The van der Waals surface area contributed by atoms with Gasteiger partial charge in [0.05, 0.1) is 18.1 Å². The highest BCUT2D eigenvalue weighted by molar-refractivity contribution is 7.89. The summed E-state index contributed by atoms with van der Waals surface area (Å²) in [5, 5.41) is 0. The van der Waals surface area contributed by atoms with E-state index in [1.165, 1.54) is 11.1 Å². The summed E-state index contributed by atoms with van der Waals surface area (Å²) < 4.78 is 38.6. The summed E-state index contributed by atoms with van der Waals surface area (Å²) in [5.41, 5.74) is 2.49. The Morgan fingerprint density at radius 2 is 1.68 bits per heavy atom. The number of sulfonamides is 1. The zero-order valence-electron chi connectivity index (χ0n) is 12.6. The fourth-order valence-electron chi connectivity index (χ4n) is 3.71. The molecule has 0 radical (unpaired) electrons. The van der Waals surface area contributed by atoms with Crippen molar-refractivity contribution in [3.63, 3.8) is 0 Å². The average molecular weight is 323 g/mol.